The Balaban J connectivity index is 2.09. The molecule has 19 heavy (non-hydrogen) atoms. The van der Waals surface area contributed by atoms with Gasteiger partial charge in [-0.1, -0.05) is 46.3 Å². The molecule has 1 unspecified atom stereocenters. The van der Waals surface area contributed by atoms with Crippen LogP contribution in [-0.2, 0) is 6.54 Å². The van der Waals surface area contributed by atoms with Gasteiger partial charge in [0.15, 0.2) is 0 Å². The molecule has 100 valence electrons. The van der Waals surface area contributed by atoms with E-state index in [0.717, 1.165) is 16.6 Å². The first-order valence-corrected chi connectivity index (χ1v) is 7.06. The average molecular weight is 322 g/mol. The van der Waals surface area contributed by atoms with E-state index in [-0.39, 0.29) is 11.9 Å². The quantitative estimate of drug-likeness (QED) is 0.783. The summed E-state index contributed by atoms with van der Waals surface area (Å²) in [5, 5.41) is 0. The van der Waals surface area contributed by atoms with E-state index in [0.29, 0.717) is 0 Å². The van der Waals surface area contributed by atoms with E-state index in [9.17, 15) is 4.39 Å². The number of hydrogen-bond donors (Lipinski definition) is 0. The second-order valence-corrected chi connectivity index (χ2v) is 5.65. The van der Waals surface area contributed by atoms with E-state index >= 15 is 0 Å². The van der Waals surface area contributed by atoms with Crippen LogP contribution in [0.3, 0.4) is 0 Å². The SMILES string of the molecule is CC(c1ccccc1F)N(C)Cc1ccc(Br)cc1. The molecule has 0 heterocycles. The van der Waals surface area contributed by atoms with Crippen molar-refractivity contribution in [3.05, 3.63) is 69.9 Å². The second kappa shape index (κ2) is 6.31. The van der Waals surface area contributed by atoms with Crippen LogP contribution in [0, 0.1) is 5.82 Å². The smallest absolute Gasteiger partial charge is 0.127 e. The summed E-state index contributed by atoms with van der Waals surface area (Å²) >= 11 is 3.42. The lowest BCUT2D eigenvalue weighted by molar-refractivity contribution is 0.248. The topological polar surface area (TPSA) is 3.24 Å². The molecule has 1 atom stereocenters. The van der Waals surface area contributed by atoms with Crippen LogP contribution >= 0.6 is 15.9 Å². The molecule has 0 saturated carbocycles. The summed E-state index contributed by atoms with van der Waals surface area (Å²) < 4.78 is 14.8. The van der Waals surface area contributed by atoms with Gasteiger partial charge < -0.3 is 0 Å². The van der Waals surface area contributed by atoms with Crippen LogP contribution in [0.5, 0.6) is 0 Å². The van der Waals surface area contributed by atoms with E-state index in [4.69, 9.17) is 0 Å². The van der Waals surface area contributed by atoms with Crippen LogP contribution in [0.15, 0.2) is 53.0 Å². The number of benzene rings is 2. The van der Waals surface area contributed by atoms with Crippen molar-refractivity contribution < 1.29 is 4.39 Å². The van der Waals surface area contributed by atoms with Crippen molar-refractivity contribution in [1.82, 2.24) is 4.90 Å². The predicted molar refractivity (Wildman–Crippen MR) is 80.4 cm³/mol. The Morgan fingerprint density at radius 3 is 2.37 bits per heavy atom. The monoisotopic (exact) mass is 321 g/mol. The summed E-state index contributed by atoms with van der Waals surface area (Å²) in [7, 11) is 2.01. The Bertz CT molecular complexity index is 539. The molecule has 0 bridgehead atoms. The molecule has 0 aromatic heterocycles. The van der Waals surface area contributed by atoms with E-state index in [1.54, 1.807) is 6.07 Å². The Kier molecular flexibility index (Phi) is 4.72. The highest BCUT2D eigenvalue weighted by atomic mass is 79.9. The summed E-state index contributed by atoms with van der Waals surface area (Å²) in [6.45, 7) is 2.82. The minimum atomic E-state index is -0.141. The largest absolute Gasteiger partial charge is 0.295 e. The highest BCUT2D eigenvalue weighted by Gasteiger charge is 2.15. The molecule has 0 aliphatic rings. The molecule has 0 saturated heterocycles. The van der Waals surface area contributed by atoms with Crippen molar-refractivity contribution >= 4 is 15.9 Å². The number of hydrogen-bond acceptors (Lipinski definition) is 1. The fourth-order valence-electron chi connectivity index (χ4n) is 2.07. The molecule has 0 fully saturated rings. The Labute approximate surface area is 122 Å². The van der Waals surface area contributed by atoms with Crippen LogP contribution < -0.4 is 0 Å². The Morgan fingerprint density at radius 2 is 1.74 bits per heavy atom. The third-order valence-corrected chi connectivity index (χ3v) is 3.89. The molecule has 1 nitrogen and oxygen atoms in total. The molecule has 2 aromatic carbocycles. The van der Waals surface area contributed by atoms with Gasteiger partial charge in [-0.2, -0.15) is 0 Å². The van der Waals surface area contributed by atoms with Gasteiger partial charge in [0.25, 0.3) is 0 Å². The zero-order valence-corrected chi connectivity index (χ0v) is 12.7. The van der Waals surface area contributed by atoms with Crippen molar-refractivity contribution in [1.29, 1.82) is 0 Å². The van der Waals surface area contributed by atoms with Crippen LogP contribution in [0.25, 0.3) is 0 Å². The zero-order valence-electron chi connectivity index (χ0n) is 11.1. The summed E-state index contributed by atoms with van der Waals surface area (Å²) in [5.41, 5.74) is 1.95. The Hall–Kier alpha value is -1.19. The van der Waals surface area contributed by atoms with E-state index in [1.165, 1.54) is 11.6 Å². The number of rotatable bonds is 4. The number of nitrogens with zero attached hydrogens (tertiary/aromatic N) is 1. The molecule has 0 amide bonds. The third-order valence-electron chi connectivity index (χ3n) is 3.36. The van der Waals surface area contributed by atoms with E-state index < -0.39 is 0 Å². The molecule has 2 aromatic rings. The molecular formula is C16H17BrFN. The molecule has 0 radical (unpaired) electrons. The fourth-order valence-corrected chi connectivity index (χ4v) is 2.33. The average Bonchev–Trinajstić information content (AvgIpc) is 2.41. The molecule has 3 heteroatoms. The predicted octanol–water partition coefficient (Wildman–Crippen LogP) is 4.78. The van der Waals surface area contributed by atoms with Crippen LogP contribution in [0.4, 0.5) is 4.39 Å². The van der Waals surface area contributed by atoms with Crippen LogP contribution in [0.1, 0.15) is 24.1 Å². The minimum absolute atomic E-state index is 0.0462. The highest BCUT2D eigenvalue weighted by molar-refractivity contribution is 9.10. The van der Waals surface area contributed by atoms with Gasteiger partial charge in [-0.05, 0) is 37.7 Å². The molecule has 0 N–H and O–H groups in total. The van der Waals surface area contributed by atoms with Gasteiger partial charge in [0, 0.05) is 22.6 Å². The molecular weight excluding hydrogens is 305 g/mol. The standard InChI is InChI=1S/C16H17BrFN/c1-12(15-5-3-4-6-16(15)18)19(2)11-13-7-9-14(17)10-8-13/h3-10,12H,11H2,1-2H3. The minimum Gasteiger partial charge on any atom is -0.295 e. The van der Waals surface area contributed by atoms with Crippen molar-refractivity contribution in [3.63, 3.8) is 0 Å². The lowest BCUT2D eigenvalue weighted by Gasteiger charge is -2.25. The highest BCUT2D eigenvalue weighted by Crippen LogP contribution is 2.23. The van der Waals surface area contributed by atoms with Gasteiger partial charge in [0.2, 0.25) is 0 Å². The molecule has 2 rings (SSSR count). The van der Waals surface area contributed by atoms with Gasteiger partial charge in [-0.15, -0.1) is 0 Å². The maximum atomic E-state index is 13.8. The summed E-state index contributed by atoms with van der Waals surface area (Å²) in [6.07, 6.45) is 0. The van der Waals surface area contributed by atoms with Gasteiger partial charge in [0.05, 0.1) is 0 Å². The van der Waals surface area contributed by atoms with Crippen molar-refractivity contribution in [2.24, 2.45) is 0 Å². The van der Waals surface area contributed by atoms with Gasteiger partial charge in [-0.25, -0.2) is 4.39 Å². The van der Waals surface area contributed by atoms with Gasteiger partial charge in [0.1, 0.15) is 5.82 Å². The number of halogens is 2. The lowest BCUT2D eigenvalue weighted by Crippen LogP contribution is -2.22. The zero-order chi connectivity index (χ0) is 13.8. The molecule has 0 spiro atoms. The first-order valence-electron chi connectivity index (χ1n) is 6.27. The van der Waals surface area contributed by atoms with Crippen LogP contribution in [-0.4, -0.2) is 11.9 Å². The lowest BCUT2D eigenvalue weighted by atomic mass is 10.1. The molecule has 0 aliphatic heterocycles. The maximum Gasteiger partial charge on any atom is 0.127 e. The van der Waals surface area contributed by atoms with Crippen molar-refractivity contribution in [2.45, 2.75) is 19.5 Å². The van der Waals surface area contributed by atoms with Crippen molar-refractivity contribution in [3.8, 4) is 0 Å². The van der Waals surface area contributed by atoms with Crippen LogP contribution in [0.2, 0.25) is 0 Å². The normalized spacial score (nSPS) is 12.7. The summed E-state index contributed by atoms with van der Waals surface area (Å²) in [5.74, 6) is -0.141. The first-order chi connectivity index (χ1) is 9.08. The third kappa shape index (κ3) is 3.64. The second-order valence-electron chi connectivity index (χ2n) is 4.74. The van der Waals surface area contributed by atoms with E-state index in [2.05, 4.69) is 33.0 Å². The van der Waals surface area contributed by atoms with E-state index in [1.807, 2.05) is 38.2 Å². The van der Waals surface area contributed by atoms with Gasteiger partial charge >= 0.3 is 0 Å². The fraction of sp³-hybridized carbons (Fsp3) is 0.250. The Morgan fingerprint density at radius 1 is 1.11 bits per heavy atom. The maximum absolute atomic E-state index is 13.8. The first kappa shape index (κ1) is 14.2. The molecule has 0 aliphatic carbocycles. The van der Waals surface area contributed by atoms with Gasteiger partial charge in [-0.3, -0.25) is 4.90 Å². The summed E-state index contributed by atoms with van der Waals surface area (Å²) in [6, 6.07) is 15.2. The van der Waals surface area contributed by atoms with Crippen molar-refractivity contribution in [2.75, 3.05) is 7.05 Å². The summed E-state index contributed by atoms with van der Waals surface area (Å²) in [4.78, 5) is 2.14.